The van der Waals surface area contributed by atoms with Crippen LogP contribution in [0.3, 0.4) is 0 Å². The third kappa shape index (κ3) is 2.04. The van der Waals surface area contributed by atoms with Crippen LogP contribution in [0.4, 0.5) is 0 Å². The van der Waals surface area contributed by atoms with Gasteiger partial charge in [0.25, 0.3) is 0 Å². The maximum Gasteiger partial charge on any atom is 0.337 e. The van der Waals surface area contributed by atoms with Gasteiger partial charge in [0.1, 0.15) is 0 Å². The lowest BCUT2D eigenvalue weighted by molar-refractivity contribution is 0.0601. The van der Waals surface area contributed by atoms with Gasteiger partial charge in [-0.1, -0.05) is 0 Å². The Morgan fingerprint density at radius 2 is 2.24 bits per heavy atom. The van der Waals surface area contributed by atoms with Crippen LogP contribution in [0, 0.1) is 11.3 Å². The summed E-state index contributed by atoms with van der Waals surface area (Å²) in [6.07, 6.45) is 3.54. The summed E-state index contributed by atoms with van der Waals surface area (Å²) in [4.78, 5) is 14.3. The Morgan fingerprint density at radius 1 is 1.41 bits per heavy atom. The van der Waals surface area contributed by atoms with E-state index in [0.717, 1.165) is 11.1 Å². The van der Waals surface area contributed by atoms with Gasteiger partial charge in [0.2, 0.25) is 0 Å². The minimum Gasteiger partial charge on any atom is -0.465 e. The first-order valence-corrected chi connectivity index (χ1v) is 5.02. The van der Waals surface area contributed by atoms with Crippen molar-refractivity contribution in [2.75, 3.05) is 7.11 Å². The minimum atomic E-state index is -0.411. The molecule has 0 aliphatic heterocycles. The number of nitrogens with one attached hydrogen (secondary N) is 1. The second kappa shape index (κ2) is 4.54. The molecule has 0 atom stereocenters. The molecule has 1 heterocycles. The lowest BCUT2D eigenvalue weighted by Crippen LogP contribution is -2.01. The molecule has 84 valence electrons. The molecule has 2 rings (SSSR count). The zero-order valence-corrected chi connectivity index (χ0v) is 9.23. The van der Waals surface area contributed by atoms with Crippen LogP contribution in [0.1, 0.15) is 15.9 Å². The molecule has 1 aromatic heterocycles. The van der Waals surface area contributed by atoms with Gasteiger partial charge in [-0.25, -0.2) is 4.79 Å². The summed E-state index contributed by atoms with van der Waals surface area (Å²) in [5, 5.41) is 9.03. The van der Waals surface area contributed by atoms with Crippen molar-refractivity contribution in [2.45, 2.75) is 0 Å². The summed E-state index contributed by atoms with van der Waals surface area (Å²) in [6, 6.07) is 8.81. The monoisotopic (exact) mass is 226 g/mol. The van der Waals surface area contributed by atoms with E-state index in [-0.39, 0.29) is 0 Å². The summed E-state index contributed by atoms with van der Waals surface area (Å²) in [5.41, 5.74) is 2.55. The lowest BCUT2D eigenvalue weighted by Gasteiger charge is -2.04. The van der Waals surface area contributed by atoms with Crippen LogP contribution in [0.15, 0.2) is 36.7 Å². The highest BCUT2D eigenvalue weighted by atomic mass is 16.5. The van der Waals surface area contributed by atoms with Crippen LogP contribution in [-0.4, -0.2) is 18.1 Å². The van der Waals surface area contributed by atoms with E-state index in [1.165, 1.54) is 7.11 Å². The molecule has 0 aliphatic carbocycles. The molecule has 0 spiro atoms. The van der Waals surface area contributed by atoms with Crippen LogP contribution in [0.5, 0.6) is 0 Å². The topological polar surface area (TPSA) is 65.9 Å². The van der Waals surface area contributed by atoms with Crippen molar-refractivity contribution >= 4 is 5.97 Å². The van der Waals surface area contributed by atoms with Gasteiger partial charge < -0.3 is 9.72 Å². The summed E-state index contributed by atoms with van der Waals surface area (Å²) in [7, 11) is 1.33. The Kier molecular flexibility index (Phi) is 2.93. The number of nitriles is 1. The molecule has 4 nitrogen and oxygen atoms in total. The standard InChI is InChI=1S/C13H10N2O2/c1-17-13(16)9-2-3-10(7-14)12(6-9)11-4-5-15-8-11/h2-6,8,15H,1H3. The fourth-order valence-electron chi connectivity index (χ4n) is 1.62. The number of methoxy groups -OCH3 is 1. The quantitative estimate of drug-likeness (QED) is 0.799. The smallest absolute Gasteiger partial charge is 0.337 e. The van der Waals surface area contributed by atoms with Gasteiger partial charge in [-0.3, -0.25) is 0 Å². The maximum absolute atomic E-state index is 11.4. The van der Waals surface area contributed by atoms with Gasteiger partial charge >= 0.3 is 5.97 Å². The molecule has 0 unspecified atom stereocenters. The summed E-state index contributed by atoms with van der Waals surface area (Å²) in [5.74, 6) is -0.411. The number of benzene rings is 1. The number of hydrogen-bond donors (Lipinski definition) is 1. The summed E-state index contributed by atoms with van der Waals surface area (Å²) >= 11 is 0. The molecule has 4 heteroatoms. The van der Waals surface area contributed by atoms with Crippen molar-refractivity contribution in [1.82, 2.24) is 4.98 Å². The predicted molar refractivity (Wildman–Crippen MR) is 62.3 cm³/mol. The first-order valence-electron chi connectivity index (χ1n) is 5.02. The molecule has 17 heavy (non-hydrogen) atoms. The van der Waals surface area contributed by atoms with Crippen molar-refractivity contribution in [3.05, 3.63) is 47.8 Å². The van der Waals surface area contributed by atoms with Crippen molar-refractivity contribution in [1.29, 1.82) is 5.26 Å². The van der Waals surface area contributed by atoms with E-state index < -0.39 is 5.97 Å². The zero-order chi connectivity index (χ0) is 12.3. The third-order valence-electron chi connectivity index (χ3n) is 2.47. The lowest BCUT2D eigenvalue weighted by atomic mass is 10.00. The Labute approximate surface area is 98.5 Å². The van der Waals surface area contributed by atoms with Crippen LogP contribution in [0.25, 0.3) is 11.1 Å². The minimum absolute atomic E-state index is 0.411. The number of rotatable bonds is 2. The second-order valence-corrected chi connectivity index (χ2v) is 3.46. The Hall–Kier alpha value is -2.54. The molecule has 0 amide bonds. The first-order chi connectivity index (χ1) is 8.26. The highest BCUT2D eigenvalue weighted by Gasteiger charge is 2.11. The Balaban J connectivity index is 2.56. The fourth-order valence-corrected chi connectivity index (χ4v) is 1.62. The van der Waals surface area contributed by atoms with E-state index in [1.807, 2.05) is 6.07 Å². The number of aromatic amines is 1. The highest BCUT2D eigenvalue weighted by molar-refractivity contribution is 5.91. The molecule has 0 aliphatic rings. The molecule has 1 N–H and O–H groups in total. The second-order valence-electron chi connectivity index (χ2n) is 3.46. The van der Waals surface area contributed by atoms with Crippen molar-refractivity contribution in [3.63, 3.8) is 0 Å². The average molecular weight is 226 g/mol. The normalized spacial score (nSPS) is 9.65. The van der Waals surface area contributed by atoms with E-state index >= 15 is 0 Å². The molecule has 0 radical (unpaired) electrons. The maximum atomic E-state index is 11.4. The number of carbonyl (C=O) groups excluding carboxylic acids is 1. The number of aromatic nitrogens is 1. The fraction of sp³-hybridized carbons (Fsp3) is 0.0769. The van der Waals surface area contributed by atoms with Crippen molar-refractivity contribution in [2.24, 2.45) is 0 Å². The van der Waals surface area contributed by atoms with E-state index in [9.17, 15) is 4.79 Å². The van der Waals surface area contributed by atoms with E-state index in [4.69, 9.17) is 5.26 Å². The molecule has 0 saturated carbocycles. The molecule has 0 fully saturated rings. The van der Waals surface area contributed by atoms with Gasteiger partial charge in [0, 0.05) is 23.5 Å². The largest absolute Gasteiger partial charge is 0.465 e. The van der Waals surface area contributed by atoms with E-state index in [1.54, 1.807) is 30.6 Å². The van der Waals surface area contributed by atoms with E-state index in [2.05, 4.69) is 15.8 Å². The van der Waals surface area contributed by atoms with Gasteiger partial charge in [-0.2, -0.15) is 5.26 Å². The zero-order valence-electron chi connectivity index (χ0n) is 9.23. The number of nitrogens with zero attached hydrogens (tertiary/aromatic N) is 1. The average Bonchev–Trinajstić information content (AvgIpc) is 2.90. The van der Waals surface area contributed by atoms with Gasteiger partial charge in [-0.15, -0.1) is 0 Å². The molecule has 1 aromatic carbocycles. The number of H-pyrrole nitrogens is 1. The molecule has 0 saturated heterocycles. The van der Waals surface area contributed by atoms with Gasteiger partial charge in [0.15, 0.2) is 0 Å². The molecular formula is C13H10N2O2. The molecular weight excluding hydrogens is 216 g/mol. The number of carbonyl (C=O) groups is 1. The number of esters is 1. The number of hydrogen-bond acceptors (Lipinski definition) is 3. The number of ether oxygens (including phenoxy) is 1. The Morgan fingerprint density at radius 3 is 2.82 bits per heavy atom. The van der Waals surface area contributed by atoms with Crippen molar-refractivity contribution in [3.8, 4) is 17.2 Å². The van der Waals surface area contributed by atoms with Crippen LogP contribution in [-0.2, 0) is 4.74 Å². The van der Waals surface area contributed by atoms with Crippen LogP contribution in [0.2, 0.25) is 0 Å². The van der Waals surface area contributed by atoms with Gasteiger partial charge in [0.05, 0.1) is 24.3 Å². The summed E-state index contributed by atoms with van der Waals surface area (Å²) in [6.45, 7) is 0. The van der Waals surface area contributed by atoms with E-state index in [0.29, 0.717) is 11.1 Å². The molecule has 0 bridgehead atoms. The first kappa shape index (κ1) is 11.0. The van der Waals surface area contributed by atoms with Crippen molar-refractivity contribution < 1.29 is 9.53 Å². The highest BCUT2D eigenvalue weighted by Crippen LogP contribution is 2.24. The summed E-state index contributed by atoms with van der Waals surface area (Å²) < 4.78 is 4.65. The predicted octanol–water partition coefficient (Wildman–Crippen LogP) is 2.34. The molecule has 2 aromatic rings. The van der Waals surface area contributed by atoms with Crippen LogP contribution < -0.4 is 0 Å². The Bertz CT molecular complexity index is 580. The van der Waals surface area contributed by atoms with Gasteiger partial charge in [-0.05, 0) is 24.3 Å². The SMILES string of the molecule is COC(=O)c1ccc(C#N)c(-c2cc[nH]c2)c1. The third-order valence-corrected chi connectivity index (χ3v) is 2.47. The van der Waals surface area contributed by atoms with Crippen LogP contribution >= 0.6 is 0 Å².